The van der Waals surface area contributed by atoms with E-state index in [4.69, 9.17) is 4.74 Å². The van der Waals surface area contributed by atoms with Gasteiger partial charge < -0.3 is 9.84 Å². The van der Waals surface area contributed by atoms with Crippen LogP contribution in [0.15, 0.2) is 24.3 Å². The second kappa shape index (κ2) is 5.42. The molecule has 0 spiro atoms. The average Bonchev–Trinajstić information content (AvgIpc) is 3.11. The van der Waals surface area contributed by atoms with Gasteiger partial charge in [0.15, 0.2) is 9.84 Å². The van der Waals surface area contributed by atoms with Crippen LogP contribution in [0.3, 0.4) is 0 Å². The van der Waals surface area contributed by atoms with Crippen LogP contribution in [0.1, 0.15) is 24.0 Å². The summed E-state index contributed by atoms with van der Waals surface area (Å²) in [5, 5.41) is 8.68. The summed E-state index contributed by atoms with van der Waals surface area (Å²) in [6.07, 6.45) is 0. The molecule has 0 aromatic heterocycles. The summed E-state index contributed by atoms with van der Waals surface area (Å²) in [5.74, 6) is -1.74. The van der Waals surface area contributed by atoms with Gasteiger partial charge in [-0.2, -0.15) is 0 Å². The predicted octanol–water partition coefficient (Wildman–Crippen LogP) is 1.61. The smallest absolute Gasteiger partial charge is 0.314 e. The maximum atomic E-state index is 12.3. The Labute approximate surface area is 124 Å². The van der Waals surface area contributed by atoms with Crippen LogP contribution >= 0.6 is 0 Å². The lowest BCUT2D eigenvalue weighted by atomic mass is 9.99. The number of aliphatic carboxylic acids is 1. The van der Waals surface area contributed by atoms with Crippen molar-refractivity contribution in [1.29, 1.82) is 0 Å². The Kier molecular flexibility index (Phi) is 4.13. The van der Waals surface area contributed by atoms with Crippen molar-refractivity contribution in [3.05, 3.63) is 35.4 Å². The van der Waals surface area contributed by atoms with E-state index in [1.807, 2.05) is 19.1 Å². The van der Waals surface area contributed by atoms with Crippen LogP contribution in [0.4, 0.5) is 0 Å². The zero-order valence-electron chi connectivity index (χ0n) is 12.4. The molecule has 0 amide bonds. The van der Waals surface area contributed by atoms with Crippen LogP contribution < -0.4 is 0 Å². The molecule has 0 unspecified atom stereocenters. The van der Waals surface area contributed by atoms with Gasteiger partial charge in [-0.3, -0.25) is 4.79 Å². The van der Waals surface area contributed by atoms with E-state index in [1.165, 1.54) is 7.11 Å². The van der Waals surface area contributed by atoms with Gasteiger partial charge in [0.05, 0.1) is 11.9 Å². The highest BCUT2D eigenvalue weighted by molar-refractivity contribution is 7.92. The van der Waals surface area contributed by atoms with Crippen molar-refractivity contribution in [2.45, 2.75) is 25.0 Å². The molecule has 1 fully saturated rings. The Balaban J connectivity index is 2.51. The van der Waals surface area contributed by atoms with E-state index >= 15 is 0 Å². The predicted molar refractivity (Wildman–Crippen MR) is 79.1 cm³/mol. The minimum atomic E-state index is -3.47. The summed E-state index contributed by atoms with van der Waals surface area (Å²) in [6, 6.07) is 7.34. The van der Waals surface area contributed by atoms with Crippen molar-refractivity contribution in [3.8, 4) is 0 Å². The molecule has 6 heteroatoms. The van der Waals surface area contributed by atoms with Crippen LogP contribution in [-0.4, -0.2) is 44.2 Å². The topological polar surface area (TPSA) is 80.7 Å². The molecule has 1 aliphatic rings. The maximum Gasteiger partial charge on any atom is 0.314 e. The van der Waals surface area contributed by atoms with Crippen molar-refractivity contribution in [3.63, 3.8) is 0 Å². The fourth-order valence-corrected chi connectivity index (χ4v) is 5.14. The molecule has 1 N–H and O–H groups in total. The Morgan fingerprint density at radius 3 is 2.33 bits per heavy atom. The summed E-state index contributed by atoms with van der Waals surface area (Å²) >= 11 is 0. The average molecular weight is 312 g/mol. The number of rotatable bonds is 6. The highest BCUT2D eigenvalue weighted by atomic mass is 32.2. The number of ether oxygens (including phenoxy) is 1. The number of carbonyl (C=O) groups is 1. The van der Waals surface area contributed by atoms with Crippen LogP contribution in [0.25, 0.3) is 0 Å². The van der Waals surface area contributed by atoms with Crippen molar-refractivity contribution in [1.82, 2.24) is 0 Å². The zero-order chi connectivity index (χ0) is 15.8. The third kappa shape index (κ3) is 2.46. The first-order valence-corrected chi connectivity index (χ1v) is 8.53. The quantitative estimate of drug-likeness (QED) is 0.863. The number of carboxylic acids is 1. The van der Waals surface area contributed by atoms with E-state index in [1.54, 1.807) is 19.1 Å². The van der Waals surface area contributed by atoms with Crippen molar-refractivity contribution < 1.29 is 23.1 Å². The van der Waals surface area contributed by atoms with E-state index in [0.29, 0.717) is 0 Å². The van der Waals surface area contributed by atoms with Crippen molar-refractivity contribution in [2.75, 3.05) is 19.5 Å². The monoisotopic (exact) mass is 312 g/mol. The Bertz CT molecular complexity index is 635. The third-order valence-electron chi connectivity index (χ3n) is 4.26. The van der Waals surface area contributed by atoms with Gasteiger partial charge in [-0.15, -0.1) is 0 Å². The molecule has 2 rings (SSSR count). The minimum absolute atomic E-state index is 0.0707. The molecule has 1 aliphatic carbocycles. The normalized spacial score (nSPS) is 28.3. The number of hydrogen-bond donors (Lipinski definition) is 1. The fourth-order valence-electron chi connectivity index (χ4n) is 3.09. The molecule has 5 nitrogen and oxygen atoms in total. The number of sulfone groups is 1. The van der Waals surface area contributed by atoms with Gasteiger partial charge >= 0.3 is 5.97 Å². The van der Waals surface area contributed by atoms with Crippen LogP contribution in [0.5, 0.6) is 0 Å². The summed E-state index contributed by atoms with van der Waals surface area (Å²) < 4.78 is 29.6. The molecule has 3 atom stereocenters. The first-order valence-electron chi connectivity index (χ1n) is 6.81. The second-order valence-corrected chi connectivity index (χ2v) is 7.95. The fraction of sp³-hybridized carbons (Fsp3) is 0.533. The number of carboxylic acid groups (broad SMARTS) is 1. The Hall–Kier alpha value is -1.40. The number of hydrogen-bond acceptors (Lipinski definition) is 4. The number of aryl methyl sites for hydroxylation is 1. The van der Waals surface area contributed by atoms with Crippen molar-refractivity contribution in [2.24, 2.45) is 5.41 Å². The van der Waals surface area contributed by atoms with E-state index in [9.17, 15) is 18.3 Å². The van der Waals surface area contributed by atoms with E-state index in [0.717, 1.165) is 11.1 Å². The zero-order valence-corrected chi connectivity index (χ0v) is 13.2. The molecule has 1 saturated carbocycles. The highest BCUT2D eigenvalue weighted by Gasteiger charge is 2.75. The maximum absolute atomic E-state index is 12.3. The molecular weight excluding hydrogens is 292 g/mol. The molecule has 21 heavy (non-hydrogen) atoms. The van der Waals surface area contributed by atoms with Crippen molar-refractivity contribution >= 4 is 15.8 Å². The molecule has 0 heterocycles. The highest BCUT2D eigenvalue weighted by Crippen LogP contribution is 2.63. The van der Waals surface area contributed by atoms with E-state index in [-0.39, 0.29) is 12.4 Å². The second-order valence-electron chi connectivity index (χ2n) is 5.54. The Morgan fingerprint density at radius 2 is 1.90 bits per heavy atom. The van der Waals surface area contributed by atoms with Gasteiger partial charge in [-0.1, -0.05) is 36.8 Å². The lowest BCUT2D eigenvalue weighted by Crippen LogP contribution is -2.29. The molecule has 0 aliphatic heterocycles. The molecular formula is C15H20O5S. The SMILES string of the molecule is CCS(=O)(=O)[C@H]1[C@@H](c2ccc(C)cc2)[C@@]1(COC)C(=O)O. The molecule has 116 valence electrons. The van der Waals surface area contributed by atoms with Gasteiger partial charge in [0.2, 0.25) is 0 Å². The summed E-state index contributed by atoms with van der Waals surface area (Å²) in [6.45, 7) is 3.36. The van der Waals surface area contributed by atoms with Crippen LogP contribution in [0, 0.1) is 12.3 Å². The minimum Gasteiger partial charge on any atom is -0.481 e. The van der Waals surface area contributed by atoms with Gasteiger partial charge in [0.1, 0.15) is 5.41 Å². The lowest BCUT2D eigenvalue weighted by Gasteiger charge is -2.11. The number of methoxy groups -OCH3 is 1. The van der Waals surface area contributed by atoms with E-state index in [2.05, 4.69) is 0 Å². The van der Waals surface area contributed by atoms with Gasteiger partial charge in [-0.25, -0.2) is 8.42 Å². The van der Waals surface area contributed by atoms with Gasteiger partial charge in [-0.05, 0) is 12.5 Å². The van der Waals surface area contributed by atoms with Gasteiger partial charge in [0.25, 0.3) is 0 Å². The molecule has 0 radical (unpaired) electrons. The lowest BCUT2D eigenvalue weighted by molar-refractivity contribution is -0.145. The standard InChI is InChI=1S/C15H20O5S/c1-4-21(18,19)13-12(11-7-5-10(2)6-8-11)15(13,9-20-3)14(16)17/h5-8,12-13H,4,9H2,1-3H3,(H,16,17)/t12-,13+,15-/m1/s1. The molecule has 1 aromatic carbocycles. The first-order chi connectivity index (χ1) is 9.81. The largest absolute Gasteiger partial charge is 0.481 e. The number of benzene rings is 1. The molecule has 0 saturated heterocycles. The Morgan fingerprint density at radius 1 is 1.33 bits per heavy atom. The summed E-state index contributed by atoms with van der Waals surface area (Å²) in [4.78, 5) is 11.8. The summed E-state index contributed by atoms with van der Waals surface area (Å²) in [5.41, 5.74) is 0.405. The first kappa shape index (κ1) is 16.0. The molecule has 1 aromatic rings. The molecule has 0 bridgehead atoms. The van der Waals surface area contributed by atoms with Gasteiger partial charge in [0, 0.05) is 18.8 Å². The summed E-state index contributed by atoms with van der Waals surface area (Å²) in [7, 11) is -2.07. The van der Waals surface area contributed by atoms with E-state index < -0.39 is 32.4 Å². The van der Waals surface area contributed by atoms with Crippen LogP contribution in [0.2, 0.25) is 0 Å². The third-order valence-corrected chi connectivity index (χ3v) is 6.53. The van der Waals surface area contributed by atoms with Crippen LogP contribution in [-0.2, 0) is 19.4 Å².